The summed E-state index contributed by atoms with van der Waals surface area (Å²) in [5.41, 5.74) is 5.91. The van der Waals surface area contributed by atoms with Crippen LogP contribution in [0, 0.1) is 30.6 Å². The molecule has 2 saturated heterocycles. The van der Waals surface area contributed by atoms with Gasteiger partial charge in [0.05, 0.1) is 44.4 Å². The van der Waals surface area contributed by atoms with E-state index in [0.29, 0.717) is 62.5 Å². The van der Waals surface area contributed by atoms with Gasteiger partial charge in [0, 0.05) is 66.3 Å². The predicted molar refractivity (Wildman–Crippen MR) is 281 cm³/mol. The number of para-hydroxylation sites is 2. The Balaban J connectivity index is 0.000000180. The zero-order valence-corrected chi connectivity index (χ0v) is 40.8. The summed E-state index contributed by atoms with van der Waals surface area (Å²) in [7, 11) is 1.60. The highest BCUT2D eigenvalue weighted by Crippen LogP contribution is 2.36. The van der Waals surface area contributed by atoms with Crippen LogP contribution in [0.3, 0.4) is 0 Å². The van der Waals surface area contributed by atoms with E-state index in [9.17, 15) is 9.59 Å². The minimum absolute atomic E-state index is 0.0324. The van der Waals surface area contributed by atoms with Gasteiger partial charge in [-0.2, -0.15) is 0 Å². The molecule has 2 fully saturated rings. The minimum atomic E-state index is -0.318. The first-order valence-corrected chi connectivity index (χ1v) is 23.7. The van der Waals surface area contributed by atoms with Crippen LogP contribution in [0.5, 0.6) is 28.7 Å². The molecule has 0 bridgehead atoms. The molecule has 0 aliphatic carbocycles. The number of nitrogens with one attached hydrogen (secondary N) is 2. The fourth-order valence-electron chi connectivity index (χ4n) is 8.02. The molecule has 10 rings (SSSR count). The number of carbonyl (C=O) groups excluding carboxylic acids is 2. The van der Waals surface area contributed by atoms with Crippen LogP contribution in [0.1, 0.15) is 30.5 Å². The number of nitrogens with zero attached hydrogens (tertiary/aromatic N) is 6. The van der Waals surface area contributed by atoms with Crippen molar-refractivity contribution >= 4 is 56.6 Å². The van der Waals surface area contributed by atoms with Crippen LogP contribution in [0.15, 0.2) is 146 Å². The lowest BCUT2D eigenvalue weighted by Crippen LogP contribution is -2.44. The first-order valence-electron chi connectivity index (χ1n) is 23.7. The second-order valence-corrected chi connectivity index (χ2v) is 17.0. The molecule has 4 heterocycles. The molecule has 2 N–H and O–H groups in total. The van der Waals surface area contributed by atoms with Crippen molar-refractivity contribution in [2.45, 2.75) is 33.0 Å². The Labute approximate surface area is 423 Å². The lowest BCUT2D eigenvalue weighted by atomic mass is 10.1. The molecule has 6 aromatic carbocycles. The molecule has 2 aliphatic heterocycles. The molecule has 366 valence electrons. The molecule has 0 radical (unpaired) electrons. The highest BCUT2D eigenvalue weighted by Gasteiger charge is 2.22. The maximum atomic E-state index is 11.7. The van der Waals surface area contributed by atoms with Crippen LogP contribution >= 0.6 is 0 Å². The number of rotatable bonds is 9. The summed E-state index contributed by atoms with van der Waals surface area (Å²) < 4.78 is 28.9. The number of morpholine rings is 2. The van der Waals surface area contributed by atoms with E-state index < -0.39 is 0 Å². The van der Waals surface area contributed by atoms with Crippen molar-refractivity contribution in [1.29, 1.82) is 0 Å². The number of aryl methyl sites for hydroxylation is 1. The molecule has 2 aliphatic rings. The zero-order valence-electron chi connectivity index (χ0n) is 40.8. The van der Waals surface area contributed by atoms with Crippen LogP contribution in [-0.4, -0.2) is 100 Å². The largest absolute Gasteiger partial charge is 0.493 e. The third-order valence-corrected chi connectivity index (χ3v) is 11.9. The second kappa shape index (κ2) is 23.3. The third kappa shape index (κ3) is 12.9. The van der Waals surface area contributed by atoms with Crippen LogP contribution in [0.25, 0.3) is 21.8 Å². The summed E-state index contributed by atoms with van der Waals surface area (Å²) in [5, 5.41) is 8.46. The summed E-state index contributed by atoms with van der Waals surface area (Å²) in [6.07, 6.45) is 2.44. The van der Waals surface area contributed by atoms with E-state index in [1.165, 1.54) is 6.33 Å². The maximum Gasteiger partial charge on any atom is 0.219 e. The maximum absolute atomic E-state index is 11.7. The normalized spacial score (nSPS) is 15.1. The Morgan fingerprint density at radius 3 is 1.53 bits per heavy atom. The Morgan fingerprint density at radius 2 is 1.05 bits per heavy atom. The molecule has 2 atom stereocenters. The SMILES string of the molecule is CC(=O)N1CCOC(C#Cc2ccc3ncnc(Nc4ccc(Oc5ccccc5)c(C)c4)c3c2)C1.COc1cc(Nc2ncnc3ccc(C#CC4CN(C(C)=O)CCO4)cc23)ccc1Oc1ccccc1. The first-order chi connectivity index (χ1) is 35.6. The van der Waals surface area contributed by atoms with E-state index >= 15 is 0 Å². The van der Waals surface area contributed by atoms with Gasteiger partial charge in [-0.25, -0.2) is 19.9 Å². The van der Waals surface area contributed by atoms with E-state index in [0.717, 1.165) is 67.1 Å². The van der Waals surface area contributed by atoms with Crippen molar-refractivity contribution in [1.82, 2.24) is 29.7 Å². The van der Waals surface area contributed by atoms with Gasteiger partial charge >= 0.3 is 0 Å². The molecule has 2 aromatic heterocycles. The van der Waals surface area contributed by atoms with Gasteiger partial charge in [-0.1, -0.05) is 60.1 Å². The molecule has 73 heavy (non-hydrogen) atoms. The standard InChI is InChI=1S/C29H26N4O4.C29H26N4O3/c1-20(34)33-14-15-36-24(18-33)11-8-21-9-12-26-25(16-21)29(31-19-30-26)32-22-10-13-27(28(17-22)35-2)37-23-6-4-3-5-7-23;1-20-16-23(10-13-28(20)36-24-6-4-3-5-7-24)32-29-26-17-22(9-12-27(26)30-19-31-29)8-11-25-18-33(21(2)34)14-15-35-25/h3-7,9-10,12-13,16-17,19,24H,14-15,18H2,1-2H3,(H,30,31,32);3-7,9-10,12-13,16-17,19,25H,14-15,18H2,1-2H3,(H,30,31,32). The Bertz CT molecular complexity index is 3390. The summed E-state index contributed by atoms with van der Waals surface area (Å²) >= 11 is 0. The quantitative estimate of drug-likeness (QED) is 0.132. The highest BCUT2D eigenvalue weighted by molar-refractivity contribution is 5.92. The third-order valence-electron chi connectivity index (χ3n) is 11.9. The number of carbonyl (C=O) groups is 2. The molecule has 2 unspecified atom stereocenters. The lowest BCUT2D eigenvalue weighted by Gasteiger charge is -2.29. The molecule has 0 spiro atoms. The van der Waals surface area contributed by atoms with Crippen LogP contribution in [0.4, 0.5) is 23.0 Å². The number of hydrogen-bond donors (Lipinski definition) is 2. The van der Waals surface area contributed by atoms with Crippen molar-refractivity contribution in [2.24, 2.45) is 0 Å². The number of benzene rings is 6. The number of amides is 2. The number of anilines is 4. The van der Waals surface area contributed by atoms with E-state index in [4.69, 9.17) is 23.7 Å². The van der Waals surface area contributed by atoms with Crippen LogP contribution in [0.2, 0.25) is 0 Å². The van der Waals surface area contributed by atoms with Gasteiger partial charge in [0.2, 0.25) is 11.8 Å². The van der Waals surface area contributed by atoms with Gasteiger partial charge in [-0.05, 0) is 103 Å². The van der Waals surface area contributed by atoms with E-state index in [2.05, 4.69) is 54.3 Å². The number of ether oxygens (including phenoxy) is 5. The van der Waals surface area contributed by atoms with Gasteiger partial charge < -0.3 is 44.1 Å². The smallest absolute Gasteiger partial charge is 0.219 e. The average molecular weight is 973 g/mol. The van der Waals surface area contributed by atoms with Gasteiger partial charge in [0.1, 0.15) is 53.7 Å². The van der Waals surface area contributed by atoms with E-state index in [-0.39, 0.29) is 24.0 Å². The average Bonchev–Trinajstić information content (AvgIpc) is 3.42. The fraction of sp³-hybridized carbons (Fsp3) is 0.207. The van der Waals surface area contributed by atoms with Gasteiger partial charge in [0.25, 0.3) is 0 Å². The number of fused-ring (bicyclic) bond motifs is 2. The van der Waals surface area contributed by atoms with Crippen molar-refractivity contribution < 1.29 is 33.3 Å². The summed E-state index contributed by atoms with van der Waals surface area (Å²) in [5.74, 6) is 17.6. The molecule has 2 amide bonds. The first kappa shape index (κ1) is 49.0. The van der Waals surface area contributed by atoms with Gasteiger partial charge in [0.15, 0.2) is 11.5 Å². The topological polar surface area (TPSA) is 162 Å². The summed E-state index contributed by atoms with van der Waals surface area (Å²) in [6.45, 7) is 8.27. The Kier molecular flexibility index (Phi) is 15.6. The second-order valence-electron chi connectivity index (χ2n) is 17.0. The van der Waals surface area contributed by atoms with E-state index in [1.54, 1.807) is 37.1 Å². The van der Waals surface area contributed by atoms with Crippen molar-refractivity contribution in [3.05, 3.63) is 163 Å². The monoisotopic (exact) mass is 972 g/mol. The molecule has 8 aromatic rings. The highest BCUT2D eigenvalue weighted by atomic mass is 16.5. The molecule has 15 heteroatoms. The number of hydrogen-bond acceptors (Lipinski definition) is 13. The molecule has 0 saturated carbocycles. The summed E-state index contributed by atoms with van der Waals surface area (Å²) in [6, 6.07) is 42.4. The zero-order chi connectivity index (χ0) is 50.5. The Hall–Kier alpha value is -9.02. The number of methoxy groups -OCH3 is 1. The van der Waals surface area contributed by atoms with Crippen LogP contribution < -0.4 is 24.8 Å². The van der Waals surface area contributed by atoms with Crippen molar-refractivity contribution in [2.75, 3.05) is 57.1 Å². The lowest BCUT2D eigenvalue weighted by molar-refractivity contribution is -0.135. The Morgan fingerprint density at radius 1 is 0.575 bits per heavy atom. The molecule has 15 nitrogen and oxygen atoms in total. The van der Waals surface area contributed by atoms with Gasteiger partial charge in [-0.15, -0.1) is 0 Å². The summed E-state index contributed by atoms with van der Waals surface area (Å²) in [4.78, 5) is 44.6. The van der Waals surface area contributed by atoms with Crippen molar-refractivity contribution in [3.63, 3.8) is 0 Å². The molecular formula is C58H52N8O7. The van der Waals surface area contributed by atoms with Crippen LogP contribution in [-0.2, 0) is 19.1 Å². The van der Waals surface area contributed by atoms with Gasteiger partial charge in [-0.3, -0.25) is 9.59 Å². The fourth-order valence-corrected chi connectivity index (χ4v) is 8.02. The number of aromatic nitrogens is 4. The molecular weight excluding hydrogens is 921 g/mol. The predicted octanol–water partition coefficient (Wildman–Crippen LogP) is 9.85. The van der Waals surface area contributed by atoms with Crippen molar-refractivity contribution in [3.8, 4) is 52.4 Å². The van der Waals surface area contributed by atoms with E-state index in [1.807, 2.05) is 140 Å². The minimum Gasteiger partial charge on any atom is -0.493 e.